The van der Waals surface area contributed by atoms with Crippen molar-refractivity contribution < 1.29 is 0 Å². The Morgan fingerprint density at radius 2 is 2.05 bits per heavy atom. The van der Waals surface area contributed by atoms with Gasteiger partial charge in [-0.1, -0.05) is 29.8 Å². The van der Waals surface area contributed by atoms with Crippen LogP contribution in [0.1, 0.15) is 11.4 Å². The van der Waals surface area contributed by atoms with Gasteiger partial charge < -0.3 is 5.32 Å². The van der Waals surface area contributed by atoms with Crippen LogP contribution in [0, 0.1) is 6.92 Å². The first-order valence-corrected chi connectivity index (χ1v) is 7.31. The van der Waals surface area contributed by atoms with Gasteiger partial charge in [-0.15, -0.1) is 0 Å². The highest BCUT2D eigenvalue weighted by atomic mass is 35.5. The van der Waals surface area contributed by atoms with Crippen molar-refractivity contribution in [3.05, 3.63) is 59.3 Å². The topological polar surface area (TPSA) is 55.6 Å². The van der Waals surface area contributed by atoms with E-state index in [1.807, 2.05) is 32.4 Å². The Morgan fingerprint density at radius 1 is 1.18 bits per heavy atom. The number of hydrogen-bond donors (Lipinski definition) is 1. The van der Waals surface area contributed by atoms with Gasteiger partial charge in [0, 0.05) is 31.4 Å². The van der Waals surface area contributed by atoms with Gasteiger partial charge in [-0.25, -0.2) is 9.97 Å². The first kappa shape index (κ1) is 14.5. The molecular weight excluding hydrogens is 298 g/mol. The highest BCUT2D eigenvalue weighted by Gasteiger charge is 2.03. The second kappa shape index (κ2) is 6.15. The molecule has 2 aromatic heterocycles. The molecule has 0 radical (unpaired) electrons. The molecule has 0 atom stereocenters. The van der Waals surface area contributed by atoms with E-state index in [0.29, 0.717) is 17.5 Å². The molecule has 0 aliphatic rings. The van der Waals surface area contributed by atoms with Gasteiger partial charge in [-0.3, -0.25) is 4.68 Å². The lowest BCUT2D eigenvalue weighted by molar-refractivity contribution is 0.768. The van der Waals surface area contributed by atoms with Crippen molar-refractivity contribution in [2.45, 2.75) is 13.5 Å². The monoisotopic (exact) mass is 313 g/mol. The molecule has 112 valence electrons. The summed E-state index contributed by atoms with van der Waals surface area (Å²) in [5.74, 6) is 1.38. The summed E-state index contributed by atoms with van der Waals surface area (Å²) in [5.41, 5.74) is 3.41. The molecule has 3 rings (SSSR count). The lowest BCUT2D eigenvalue weighted by atomic mass is 10.1. The zero-order valence-electron chi connectivity index (χ0n) is 12.4. The molecule has 0 bridgehead atoms. The van der Waals surface area contributed by atoms with Crippen LogP contribution in [0.2, 0.25) is 5.15 Å². The van der Waals surface area contributed by atoms with Gasteiger partial charge in [-0.2, -0.15) is 5.10 Å². The van der Waals surface area contributed by atoms with Crippen molar-refractivity contribution >= 4 is 17.4 Å². The molecule has 0 saturated heterocycles. The van der Waals surface area contributed by atoms with Crippen LogP contribution in [0.25, 0.3) is 11.1 Å². The number of anilines is 1. The van der Waals surface area contributed by atoms with E-state index in [4.69, 9.17) is 11.6 Å². The van der Waals surface area contributed by atoms with Crippen molar-refractivity contribution in [2.75, 3.05) is 5.32 Å². The maximum absolute atomic E-state index is 5.94. The van der Waals surface area contributed by atoms with Crippen LogP contribution >= 0.6 is 11.6 Å². The second-order valence-corrected chi connectivity index (χ2v) is 5.47. The number of benzene rings is 1. The predicted octanol–water partition coefficient (Wildman–Crippen LogP) is 3.45. The fourth-order valence-corrected chi connectivity index (χ4v) is 2.47. The maximum atomic E-state index is 5.94. The number of nitrogens with one attached hydrogen (secondary N) is 1. The first-order valence-electron chi connectivity index (χ1n) is 6.93. The third-order valence-electron chi connectivity index (χ3n) is 3.25. The minimum absolute atomic E-state index is 0.444. The number of aromatic nitrogens is 4. The average Bonchev–Trinajstić information content (AvgIpc) is 2.91. The summed E-state index contributed by atoms with van der Waals surface area (Å²) in [7, 11) is 1.91. The molecule has 5 nitrogen and oxygen atoms in total. The Bertz CT molecular complexity index is 776. The van der Waals surface area contributed by atoms with Crippen molar-refractivity contribution in [3.8, 4) is 11.1 Å². The Morgan fingerprint density at radius 3 is 2.77 bits per heavy atom. The lowest BCUT2D eigenvalue weighted by Gasteiger charge is -2.08. The van der Waals surface area contributed by atoms with Crippen LogP contribution in [0.3, 0.4) is 0 Å². The third-order valence-corrected chi connectivity index (χ3v) is 3.44. The molecule has 0 spiro atoms. The Labute approximate surface area is 134 Å². The van der Waals surface area contributed by atoms with E-state index in [-0.39, 0.29) is 0 Å². The second-order valence-electron chi connectivity index (χ2n) is 5.08. The van der Waals surface area contributed by atoms with E-state index < -0.39 is 0 Å². The number of rotatable bonds is 4. The van der Waals surface area contributed by atoms with Gasteiger partial charge in [0.2, 0.25) is 0 Å². The van der Waals surface area contributed by atoms with Gasteiger partial charge in [0.1, 0.15) is 16.8 Å². The number of hydrogen-bond acceptors (Lipinski definition) is 4. The van der Waals surface area contributed by atoms with Crippen LogP contribution in [0.4, 0.5) is 5.82 Å². The van der Waals surface area contributed by atoms with Crippen molar-refractivity contribution in [1.82, 2.24) is 19.7 Å². The smallest absolute Gasteiger partial charge is 0.134 e. The van der Waals surface area contributed by atoms with Crippen molar-refractivity contribution in [2.24, 2.45) is 7.05 Å². The molecular formula is C16H16ClN5. The first-order chi connectivity index (χ1) is 10.6. The van der Waals surface area contributed by atoms with Crippen molar-refractivity contribution in [1.29, 1.82) is 0 Å². The van der Waals surface area contributed by atoms with Crippen LogP contribution in [0.15, 0.2) is 42.7 Å². The highest BCUT2D eigenvalue weighted by Crippen LogP contribution is 2.20. The zero-order chi connectivity index (χ0) is 15.5. The molecule has 22 heavy (non-hydrogen) atoms. The number of halogens is 1. The molecule has 0 amide bonds. The average molecular weight is 314 g/mol. The summed E-state index contributed by atoms with van der Waals surface area (Å²) in [4.78, 5) is 8.36. The summed E-state index contributed by atoms with van der Waals surface area (Å²) in [6.07, 6.45) is 3.86. The van der Waals surface area contributed by atoms with E-state index >= 15 is 0 Å². The summed E-state index contributed by atoms with van der Waals surface area (Å²) in [5, 5.41) is 7.92. The number of nitrogens with zero attached hydrogens (tertiary/aromatic N) is 4. The SMILES string of the molecule is Cc1nc(Cl)cc(NCc2cccc(-c3cnn(C)c3)c2)n1. The van der Waals surface area contributed by atoms with E-state index in [0.717, 1.165) is 22.5 Å². The molecule has 0 fully saturated rings. The Balaban J connectivity index is 1.75. The molecule has 0 unspecified atom stereocenters. The molecule has 1 aromatic carbocycles. The van der Waals surface area contributed by atoms with Gasteiger partial charge in [0.25, 0.3) is 0 Å². The predicted molar refractivity (Wildman–Crippen MR) is 87.7 cm³/mol. The molecule has 0 aliphatic carbocycles. The summed E-state index contributed by atoms with van der Waals surface area (Å²) in [6, 6.07) is 10.0. The zero-order valence-corrected chi connectivity index (χ0v) is 13.2. The standard InChI is InChI=1S/C16H16ClN5/c1-11-20-15(17)7-16(21-11)18-8-12-4-3-5-13(6-12)14-9-19-22(2)10-14/h3-7,9-10H,8H2,1-2H3,(H,18,20,21). The summed E-state index contributed by atoms with van der Waals surface area (Å²) in [6.45, 7) is 2.49. The minimum Gasteiger partial charge on any atom is -0.366 e. The van der Waals surface area contributed by atoms with Crippen LogP contribution < -0.4 is 5.32 Å². The molecule has 1 N–H and O–H groups in total. The fourth-order valence-electron chi connectivity index (χ4n) is 2.25. The van der Waals surface area contributed by atoms with Gasteiger partial charge in [0.05, 0.1) is 6.20 Å². The van der Waals surface area contributed by atoms with Gasteiger partial charge >= 0.3 is 0 Å². The fraction of sp³-hybridized carbons (Fsp3) is 0.188. The maximum Gasteiger partial charge on any atom is 0.134 e. The molecule has 0 aliphatic heterocycles. The van der Waals surface area contributed by atoms with Gasteiger partial charge in [-0.05, 0) is 24.1 Å². The summed E-state index contributed by atoms with van der Waals surface area (Å²) >= 11 is 5.94. The summed E-state index contributed by atoms with van der Waals surface area (Å²) < 4.78 is 1.80. The van der Waals surface area contributed by atoms with Crippen LogP contribution in [0.5, 0.6) is 0 Å². The van der Waals surface area contributed by atoms with Crippen molar-refractivity contribution in [3.63, 3.8) is 0 Å². The van der Waals surface area contributed by atoms with Crippen LogP contribution in [-0.4, -0.2) is 19.7 Å². The third kappa shape index (κ3) is 3.43. The van der Waals surface area contributed by atoms with Crippen LogP contribution in [-0.2, 0) is 13.6 Å². The van der Waals surface area contributed by atoms with E-state index in [1.54, 1.807) is 10.7 Å². The quantitative estimate of drug-likeness (QED) is 0.750. The number of aryl methyl sites for hydroxylation is 2. The van der Waals surface area contributed by atoms with E-state index in [9.17, 15) is 0 Å². The molecule has 2 heterocycles. The van der Waals surface area contributed by atoms with E-state index in [1.165, 1.54) is 0 Å². The molecule has 6 heteroatoms. The van der Waals surface area contributed by atoms with Gasteiger partial charge in [0.15, 0.2) is 0 Å². The normalized spacial score (nSPS) is 10.7. The highest BCUT2D eigenvalue weighted by molar-refractivity contribution is 6.29. The van der Waals surface area contributed by atoms with E-state index in [2.05, 4.69) is 38.6 Å². The minimum atomic E-state index is 0.444. The molecule has 3 aromatic rings. The molecule has 0 saturated carbocycles. The Kier molecular flexibility index (Phi) is 4.06. The largest absolute Gasteiger partial charge is 0.366 e. The lowest BCUT2D eigenvalue weighted by Crippen LogP contribution is -2.03. The Hall–Kier alpha value is -2.40.